The van der Waals surface area contributed by atoms with Crippen LogP contribution in [-0.4, -0.2) is 23.7 Å². The van der Waals surface area contributed by atoms with E-state index in [0.717, 1.165) is 0 Å². The van der Waals surface area contributed by atoms with Gasteiger partial charge in [-0.1, -0.05) is 37.9 Å². The zero-order valence-corrected chi connectivity index (χ0v) is 19.2. The van der Waals surface area contributed by atoms with Crippen LogP contribution in [0, 0.1) is 0 Å². The summed E-state index contributed by atoms with van der Waals surface area (Å²) in [4.78, 5) is 48.1. The van der Waals surface area contributed by atoms with Crippen LogP contribution >= 0.6 is 0 Å². The molecule has 2 aromatic carbocycles. The van der Waals surface area contributed by atoms with Crippen LogP contribution in [0.25, 0.3) is 6.08 Å². The molecule has 0 aromatic heterocycles. The molecule has 0 N–H and O–H groups in total. The zero-order valence-electron chi connectivity index (χ0n) is 19.2. The number of ether oxygens (including phenoxy) is 3. The fraction of sp³-hybridized carbons (Fsp3) is 0.111. The highest BCUT2D eigenvalue weighted by atomic mass is 16.6. The molecule has 34 heavy (non-hydrogen) atoms. The first-order chi connectivity index (χ1) is 16.0. The summed E-state index contributed by atoms with van der Waals surface area (Å²) in [6.45, 7) is 15.0. The molecule has 0 aliphatic carbocycles. The first kappa shape index (κ1) is 25.7. The molecule has 7 nitrogen and oxygen atoms in total. The number of hydrogen-bond donors (Lipinski definition) is 0. The highest BCUT2D eigenvalue weighted by Crippen LogP contribution is 2.30. The minimum Gasteiger partial charge on any atom is -0.423 e. The third-order valence-corrected chi connectivity index (χ3v) is 4.20. The molecule has 0 saturated carbocycles. The van der Waals surface area contributed by atoms with Crippen molar-refractivity contribution in [2.24, 2.45) is 0 Å². The lowest BCUT2D eigenvalue weighted by Gasteiger charge is -2.11. The third-order valence-electron chi connectivity index (χ3n) is 4.20. The number of hydrogen-bond acceptors (Lipinski definition) is 7. The highest BCUT2D eigenvalue weighted by Gasteiger charge is 2.17. The molecule has 0 aliphatic heterocycles. The average Bonchev–Trinajstić information content (AvgIpc) is 2.79. The molecule has 0 aliphatic rings. The van der Waals surface area contributed by atoms with Crippen molar-refractivity contribution in [1.29, 1.82) is 0 Å². The van der Waals surface area contributed by atoms with E-state index < -0.39 is 17.9 Å². The molecule has 0 unspecified atom stereocenters. The highest BCUT2D eigenvalue weighted by molar-refractivity contribution is 6.07. The van der Waals surface area contributed by atoms with E-state index in [-0.39, 0.29) is 39.6 Å². The first-order valence-corrected chi connectivity index (χ1v) is 10.1. The molecule has 0 saturated heterocycles. The van der Waals surface area contributed by atoms with Crippen molar-refractivity contribution in [3.05, 3.63) is 96.1 Å². The van der Waals surface area contributed by atoms with E-state index in [1.807, 2.05) is 0 Å². The largest absolute Gasteiger partial charge is 0.423 e. The lowest BCUT2D eigenvalue weighted by atomic mass is 10.1. The minimum atomic E-state index is -0.736. The van der Waals surface area contributed by atoms with Crippen LogP contribution in [0.1, 0.15) is 36.7 Å². The Morgan fingerprint density at radius 3 is 1.71 bits per heavy atom. The van der Waals surface area contributed by atoms with Gasteiger partial charge in [0.2, 0.25) is 0 Å². The van der Waals surface area contributed by atoms with Gasteiger partial charge >= 0.3 is 17.9 Å². The predicted molar refractivity (Wildman–Crippen MR) is 128 cm³/mol. The van der Waals surface area contributed by atoms with E-state index in [1.54, 1.807) is 37.3 Å². The smallest absolute Gasteiger partial charge is 0.338 e. The summed E-state index contributed by atoms with van der Waals surface area (Å²) in [7, 11) is 0. The van der Waals surface area contributed by atoms with E-state index in [9.17, 15) is 19.2 Å². The van der Waals surface area contributed by atoms with Crippen molar-refractivity contribution in [3.63, 3.8) is 0 Å². The maximum absolute atomic E-state index is 12.7. The molecular formula is C27H24O7. The number of carbonyl (C=O) groups is 4. The van der Waals surface area contributed by atoms with Crippen LogP contribution < -0.4 is 14.2 Å². The van der Waals surface area contributed by atoms with Gasteiger partial charge in [0.05, 0.1) is 0 Å². The molecule has 0 amide bonds. The molecule has 0 heterocycles. The standard InChI is InChI=1S/C27H24O7/c1-16(2)25(29)32-21-11-7-19(8-12-21)9-13-22(28)20-10-14-23(33-26(30)17(3)4)24(15-20)34-27(31)18(5)6/h7-15H,1,3,5H2,2,4,6H3. The van der Waals surface area contributed by atoms with Gasteiger partial charge in [-0.25, -0.2) is 14.4 Å². The van der Waals surface area contributed by atoms with Gasteiger partial charge in [0.1, 0.15) is 5.75 Å². The summed E-state index contributed by atoms with van der Waals surface area (Å²) in [6, 6.07) is 10.6. The number of allylic oxidation sites excluding steroid dienone is 1. The maximum Gasteiger partial charge on any atom is 0.338 e. The average molecular weight is 460 g/mol. The SMILES string of the molecule is C=C(C)C(=O)Oc1ccc(C=CC(=O)c2ccc(OC(=O)C(=C)C)c(OC(=O)C(=C)C)c2)cc1. The van der Waals surface area contributed by atoms with Gasteiger partial charge in [0.15, 0.2) is 17.3 Å². The zero-order chi connectivity index (χ0) is 25.4. The summed E-state index contributed by atoms with van der Waals surface area (Å²) in [6.07, 6.45) is 2.90. The van der Waals surface area contributed by atoms with Gasteiger partial charge in [-0.3, -0.25) is 4.79 Å². The summed E-state index contributed by atoms with van der Waals surface area (Å²) >= 11 is 0. The fourth-order valence-corrected chi connectivity index (χ4v) is 2.31. The van der Waals surface area contributed by atoms with Crippen LogP contribution in [0.3, 0.4) is 0 Å². The number of esters is 3. The Morgan fingerprint density at radius 1 is 0.676 bits per heavy atom. The van der Waals surface area contributed by atoms with Crippen molar-refractivity contribution in [2.45, 2.75) is 20.8 Å². The summed E-state index contributed by atoms with van der Waals surface area (Å²) in [5.74, 6) is -2.15. The molecule has 0 bridgehead atoms. The number of carbonyl (C=O) groups excluding carboxylic acids is 4. The number of benzene rings is 2. The molecule has 2 aromatic rings. The summed E-state index contributed by atoms with van der Waals surface area (Å²) in [5.41, 5.74) is 1.45. The predicted octanol–water partition coefficient (Wildman–Crippen LogP) is 5.03. The molecule has 0 fully saturated rings. The van der Waals surface area contributed by atoms with Gasteiger partial charge < -0.3 is 14.2 Å². The summed E-state index contributed by atoms with van der Waals surface area (Å²) < 4.78 is 15.5. The monoisotopic (exact) mass is 460 g/mol. The Balaban J connectivity index is 2.23. The van der Waals surface area contributed by atoms with Gasteiger partial charge in [0.25, 0.3) is 0 Å². The van der Waals surface area contributed by atoms with E-state index in [2.05, 4.69) is 19.7 Å². The van der Waals surface area contributed by atoms with Crippen LogP contribution in [0.4, 0.5) is 0 Å². The lowest BCUT2D eigenvalue weighted by molar-refractivity contribution is -0.132. The van der Waals surface area contributed by atoms with Gasteiger partial charge in [0, 0.05) is 22.3 Å². The second kappa shape index (κ2) is 11.4. The molecule has 0 spiro atoms. The van der Waals surface area contributed by atoms with E-state index in [4.69, 9.17) is 14.2 Å². The Kier molecular flexibility index (Phi) is 8.61. The van der Waals surface area contributed by atoms with Crippen molar-refractivity contribution < 1.29 is 33.4 Å². The molecule has 7 heteroatoms. The molecule has 174 valence electrons. The maximum atomic E-state index is 12.7. The van der Waals surface area contributed by atoms with Crippen molar-refractivity contribution >= 4 is 29.8 Å². The Bertz CT molecular complexity index is 1210. The van der Waals surface area contributed by atoms with E-state index in [1.165, 1.54) is 38.1 Å². The van der Waals surface area contributed by atoms with Gasteiger partial charge in [-0.2, -0.15) is 0 Å². The lowest BCUT2D eigenvalue weighted by Crippen LogP contribution is -2.13. The quantitative estimate of drug-likeness (QED) is 0.224. The molecule has 0 atom stereocenters. The van der Waals surface area contributed by atoms with Crippen LogP contribution in [0.5, 0.6) is 17.2 Å². The van der Waals surface area contributed by atoms with Gasteiger partial charge in [-0.15, -0.1) is 0 Å². The Hall–Kier alpha value is -4.52. The minimum absolute atomic E-state index is 0.0389. The van der Waals surface area contributed by atoms with E-state index >= 15 is 0 Å². The number of rotatable bonds is 9. The van der Waals surface area contributed by atoms with Crippen molar-refractivity contribution in [1.82, 2.24) is 0 Å². The van der Waals surface area contributed by atoms with E-state index in [0.29, 0.717) is 11.3 Å². The van der Waals surface area contributed by atoms with Crippen molar-refractivity contribution in [3.8, 4) is 17.2 Å². The molecular weight excluding hydrogens is 436 g/mol. The molecule has 0 radical (unpaired) electrons. The fourth-order valence-electron chi connectivity index (χ4n) is 2.31. The van der Waals surface area contributed by atoms with Gasteiger partial charge in [-0.05, 0) is 62.7 Å². The number of ketones is 1. The third kappa shape index (κ3) is 7.27. The Labute approximate surface area is 197 Å². The summed E-state index contributed by atoms with van der Waals surface area (Å²) in [5, 5.41) is 0. The van der Waals surface area contributed by atoms with Crippen LogP contribution in [0.2, 0.25) is 0 Å². The van der Waals surface area contributed by atoms with Crippen molar-refractivity contribution in [2.75, 3.05) is 0 Å². The van der Waals surface area contributed by atoms with Crippen LogP contribution in [0.15, 0.2) is 85.0 Å². The normalized spacial score (nSPS) is 10.3. The first-order valence-electron chi connectivity index (χ1n) is 10.1. The second-order valence-corrected chi connectivity index (χ2v) is 7.44. The topological polar surface area (TPSA) is 96.0 Å². The molecule has 2 rings (SSSR count). The second-order valence-electron chi connectivity index (χ2n) is 7.44. The Morgan fingerprint density at radius 2 is 1.18 bits per heavy atom. The van der Waals surface area contributed by atoms with Crippen LogP contribution in [-0.2, 0) is 14.4 Å².